The van der Waals surface area contributed by atoms with E-state index in [0.717, 1.165) is 55.3 Å². The second-order valence-electron chi connectivity index (χ2n) is 13.6. The minimum atomic E-state index is 0.571. The Morgan fingerprint density at radius 2 is 0.981 bits per heavy atom. The van der Waals surface area contributed by atoms with E-state index in [0.29, 0.717) is 17.5 Å². The van der Waals surface area contributed by atoms with Crippen molar-refractivity contribution < 1.29 is 4.42 Å². The Labute approximate surface area is 310 Å². The summed E-state index contributed by atoms with van der Waals surface area (Å²) in [4.78, 5) is 15.2. The Morgan fingerprint density at radius 3 is 1.69 bits per heavy atom. The van der Waals surface area contributed by atoms with Gasteiger partial charge in [0.25, 0.3) is 0 Å². The summed E-state index contributed by atoms with van der Waals surface area (Å²) in [5, 5.41) is 6.83. The van der Waals surface area contributed by atoms with Crippen molar-refractivity contribution in [2.75, 3.05) is 0 Å². The molecule has 0 N–H and O–H groups in total. The summed E-state index contributed by atoms with van der Waals surface area (Å²) in [6, 6.07) is 63.3. The topological polar surface area (TPSA) is 56.7 Å². The quantitative estimate of drug-likeness (QED) is 0.180. The third-order valence-corrected chi connectivity index (χ3v) is 10.4. The van der Waals surface area contributed by atoms with Crippen molar-refractivity contribution in [3.8, 4) is 51.0 Å². The maximum absolute atomic E-state index is 6.70. The first kappa shape index (κ1) is 30.3. The highest BCUT2D eigenvalue weighted by Gasteiger charge is 2.23. The first-order valence-electron chi connectivity index (χ1n) is 18.1. The van der Waals surface area contributed by atoms with Gasteiger partial charge in [0.2, 0.25) is 0 Å². The lowest BCUT2D eigenvalue weighted by Crippen LogP contribution is -2.01. The molecule has 11 rings (SSSR count). The van der Waals surface area contributed by atoms with Gasteiger partial charge >= 0.3 is 0 Å². The molecule has 3 heterocycles. The van der Waals surface area contributed by atoms with Crippen molar-refractivity contribution >= 4 is 54.5 Å². The molecule has 5 heteroatoms. The molecule has 0 bridgehead atoms. The van der Waals surface area contributed by atoms with Gasteiger partial charge in [-0.25, -0.2) is 15.0 Å². The van der Waals surface area contributed by atoms with E-state index < -0.39 is 0 Å². The van der Waals surface area contributed by atoms with Crippen LogP contribution in [0, 0.1) is 0 Å². The second kappa shape index (κ2) is 12.1. The predicted molar refractivity (Wildman–Crippen MR) is 221 cm³/mol. The second-order valence-corrected chi connectivity index (χ2v) is 13.6. The zero-order valence-electron chi connectivity index (χ0n) is 29.0. The molecule has 0 atom stereocenters. The number of para-hydroxylation sites is 1. The summed E-state index contributed by atoms with van der Waals surface area (Å²) in [5.41, 5.74) is 9.88. The monoisotopic (exact) mass is 690 g/mol. The fraction of sp³-hybridized carbons (Fsp3) is 0. The molecule has 0 amide bonds. The number of fused-ring (bicyclic) bond motifs is 8. The molecule has 0 unspecified atom stereocenters. The van der Waals surface area contributed by atoms with Crippen LogP contribution in [-0.4, -0.2) is 19.5 Å². The van der Waals surface area contributed by atoms with Crippen LogP contribution in [0.5, 0.6) is 0 Å². The predicted octanol–water partition coefficient (Wildman–Crippen LogP) is 12.7. The summed E-state index contributed by atoms with van der Waals surface area (Å²) >= 11 is 0. The van der Waals surface area contributed by atoms with E-state index in [-0.39, 0.29) is 0 Å². The standard InChI is InChI=1S/C49H30N4O/c1-4-15-31(16-5-1)36-24-14-25-40-44(36)39-28-27-32-17-10-11-22-37(32)46(39)53(40)41-29-35(30-43-45(41)38-23-12-13-26-42(38)54-43)49-51-47(33-18-6-2-7-19-33)50-48(52-49)34-20-8-3-9-21-34/h1-30H. The number of rotatable bonds is 5. The smallest absolute Gasteiger partial charge is 0.164 e. The molecule has 8 aromatic carbocycles. The van der Waals surface area contributed by atoms with Crippen molar-refractivity contribution in [3.63, 3.8) is 0 Å². The maximum atomic E-state index is 6.70. The lowest BCUT2D eigenvalue weighted by molar-refractivity contribution is 0.669. The largest absolute Gasteiger partial charge is 0.456 e. The van der Waals surface area contributed by atoms with Crippen LogP contribution in [0.3, 0.4) is 0 Å². The van der Waals surface area contributed by atoms with E-state index >= 15 is 0 Å². The van der Waals surface area contributed by atoms with Gasteiger partial charge < -0.3 is 8.98 Å². The Morgan fingerprint density at radius 1 is 0.389 bits per heavy atom. The number of aromatic nitrogens is 4. The van der Waals surface area contributed by atoms with Gasteiger partial charge in [0.15, 0.2) is 17.5 Å². The molecule has 0 saturated carbocycles. The van der Waals surface area contributed by atoms with Crippen molar-refractivity contribution in [1.82, 2.24) is 19.5 Å². The van der Waals surface area contributed by atoms with Gasteiger partial charge in [-0.1, -0.05) is 158 Å². The van der Waals surface area contributed by atoms with Crippen LogP contribution < -0.4 is 0 Å². The highest BCUT2D eigenvalue weighted by molar-refractivity contribution is 6.23. The maximum Gasteiger partial charge on any atom is 0.164 e. The van der Waals surface area contributed by atoms with Crippen molar-refractivity contribution in [1.29, 1.82) is 0 Å². The Kier molecular flexibility index (Phi) is 6.79. The lowest BCUT2D eigenvalue weighted by Gasteiger charge is -2.14. The SMILES string of the molecule is c1ccc(-c2nc(-c3ccccc3)nc(-c3cc(-n4c5cccc(-c6ccccc6)c5c5ccc6ccccc6c54)c4c(c3)oc3ccccc34)n2)cc1. The molecule has 0 aliphatic carbocycles. The van der Waals surface area contributed by atoms with Gasteiger partial charge in [-0.05, 0) is 40.8 Å². The summed E-state index contributed by atoms with van der Waals surface area (Å²) < 4.78 is 9.14. The number of furan rings is 1. The van der Waals surface area contributed by atoms with E-state index in [4.69, 9.17) is 19.4 Å². The average molecular weight is 691 g/mol. The van der Waals surface area contributed by atoms with Crippen LogP contribution in [0.15, 0.2) is 186 Å². The van der Waals surface area contributed by atoms with Gasteiger partial charge in [0.05, 0.1) is 22.1 Å². The summed E-state index contributed by atoms with van der Waals surface area (Å²) in [5.74, 6) is 1.80. The zero-order chi connectivity index (χ0) is 35.6. The molecule has 252 valence electrons. The Bertz CT molecular complexity index is 3140. The zero-order valence-corrected chi connectivity index (χ0v) is 29.0. The molecule has 0 fully saturated rings. The molecule has 0 radical (unpaired) electrons. The molecule has 54 heavy (non-hydrogen) atoms. The normalized spacial score (nSPS) is 11.7. The molecule has 0 saturated heterocycles. The Hall–Kier alpha value is -7.37. The highest BCUT2D eigenvalue weighted by Crippen LogP contribution is 2.45. The average Bonchev–Trinajstić information content (AvgIpc) is 3.80. The van der Waals surface area contributed by atoms with Crippen LogP contribution in [0.4, 0.5) is 0 Å². The molecule has 3 aromatic heterocycles. The minimum absolute atomic E-state index is 0.571. The van der Waals surface area contributed by atoms with Crippen molar-refractivity contribution in [2.24, 2.45) is 0 Å². The molecular formula is C49H30N4O. The number of benzene rings is 8. The van der Waals surface area contributed by atoms with E-state index in [2.05, 4.69) is 114 Å². The molecule has 0 spiro atoms. The van der Waals surface area contributed by atoms with E-state index in [1.54, 1.807) is 0 Å². The molecule has 11 aromatic rings. The fourth-order valence-electron chi connectivity index (χ4n) is 8.01. The number of hydrogen-bond donors (Lipinski definition) is 0. The van der Waals surface area contributed by atoms with Crippen LogP contribution in [-0.2, 0) is 0 Å². The fourth-order valence-corrected chi connectivity index (χ4v) is 8.01. The molecule has 5 nitrogen and oxygen atoms in total. The molecule has 0 aliphatic heterocycles. The summed E-state index contributed by atoms with van der Waals surface area (Å²) in [6.07, 6.45) is 0. The van der Waals surface area contributed by atoms with Gasteiger partial charge in [-0.2, -0.15) is 0 Å². The summed E-state index contributed by atoms with van der Waals surface area (Å²) in [6.45, 7) is 0. The highest BCUT2D eigenvalue weighted by atomic mass is 16.3. The van der Waals surface area contributed by atoms with E-state index in [1.807, 2.05) is 72.8 Å². The minimum Gasteiger partial charge on any atom is -0.456 e. The van der Waals surface area contributed by atoms with Crippen LogP contribution >= 0.6 is 0 Å². The van der Waals surface area contributed by atoms with Gasteiger partial charge in [-0.15, -0.1) is 0 Å². The van der Waals surface area contributed by atoms with Gasteiger partial charge in [0, 0.05) is 38.2 Å². The van der Waals surface area contributed by atoms with E-state index in [1.165, 1.54) is 32.7 Å². The van der Waals surface area contributed by atoms with Gasteiger partial charge in [0.1, 0.15) is 11.2 Å². The van der Waals surface area contributed by atoms with Gasteiger partial charge in [-0.3, -0.25) is 0 Å². The third-order valence-electron chi connectivity index (χ3n) is 10.4. The number of hydrogen-bond acceptors (Lipinski definition) is 4. The first-order chi connectivity index (χ1) is 26.8. The number of nitrogens with zero attached hydrogens (tertiary/aromatic N) is 4. The van der Waals surface area contributed by atoms with Crippen LogP contribution in [0.1, 0.15) is 0 Å². The van der Waals surface area contributed by atoms with E-state index in [9.17, 15) is 0 Å². The van der Waals surface area contributed by atoms with Crippen LogP contribution in [0.25, 0.3) is 105 Å². The summed E-state index contributed by atoms with van der Waals surface area (Å²) in [7, 11) is 0. The van der Waals surface area contributed by atoms with Crippen LogP contribution in [0.2, 0.25) is 0 Å². The van der Waals surface area contributed by atoms with Crippen molar-refractivity contribution in [2.45, 2.75) is 0 Å². The first-order valence-corrected chi connectivity index (χ1v) is 18.1. The molecular weight excluding hydrogens is 661 g/mol. The lowest BCUT2D eigenvalue weighted by atomic mass is 9.98. The third kappa shape index (κ3) is 4.76. The Balaban J connectivity index is 1.29. The van der Waals surface area contributed by atoms with Crippen molar-refractivity contribution in [3.05, 3.63) is 182 Å². The molecule has 0 aliphatic rings.